The molecule has 2 aromatic carbocycles. The Labute approximate surface area is 213 Å². The quantitative estimate of drug-likeness (QED) is 0.285. The molecule has 2 unspecified atom stereocenters. The highest BCUT2D eigenvalue weighted by Crippen LogP contribution is 2.41. The summed E-state index contributed by atoms with van der Waals surface area (Å²) in [6, 6.07) is 16.0. The number of hydrogen-bond acceptors (Lipinski definition) is 4. The predicted octanol–water partition coefficient (Wildman–Crippen LogP) is 7.47. The maximum atomic E-state index is 11.7. The van der Waals surface area contributed by atoms with Crippen molar-refractivity contribution in [1.82, 2.24) is 4.98 Å². The molecule has 0 aliphatic heterocycles. The summed E-state index contributed by atoms with van der Waals surface area (Å²) in [5.41, 5.74) is 5.18. The number of nitrogens with zero attached hydrogens (tertiary/aromatic N) is 1. The van der Waals surface area contributed by atoms with Crippen molar-refractivity contribution in [3.05, 3.63) is 89.3 Å². The zero-order chi connectivity index (χ0) is 25.5. The average Bonchev–Trinajstić information content (AvgIpc) is 3.50. The Morgan fingerprint density at radius 1 is 1.22 bits per heavy atom. The summed E-state index contributed by atoms with van der Waals surface area (Å²) in [6.45, 7) is 6.53. The van der Waals surface area contributed by atoms with Crippen LogP contribution in [0, 0.1) is 5.92 Å². The summed E-state index contributed by atoms with van der Waals surface area (Å²) in [4.78, 5) is 16.5. The normalized spacial score (nSPS) is 16.3. The van der Waals surface area contributed by atoms with Crippen molar-refractivity contribution in [2.24, 2.45) is 5.92 Å². The molecule has 1 N–H and O–H groups in total. The number of carboxylic acid groups (broad SMARTS) is 1. The molecule has 1 aliphatic carbocycles. The van der Waals surface area contributed by atoms with Crippen LogP contribution >= 0.6 is 0 Å². The Morgan fingerprint density at radius 2 is 2.03 bits per heavy atom. The highest BCUT2D eigenvalue weighted by Gasteiger charge is 2.33. The third kappa shape index (κ3) is 5.62. The Balaban J connectivity index is 1.50. The fourth-order valence-corrected chi connectivity index (χ4v) is 5.03. The van der Waals surface area contributed by atoms with Gasteiger partial charge in [-0.15, -0.1) is 0 Å². The number of carbonyl (C=O) groups is 1. The molecule has 0 bridgehead atoms. The van der Waals surface area contributed by atoms with Gasteiger partial charge >= 0.3 is 5.97 Å². The Kier molecular flexibility index (Phi) is 8.42. The summed E-state index contributed by atoms with van der Waals surface area (Å²) in [5, 5.41) is 9.59. The molecule has 0 saturated heterocycles. The number of allylic oxidation sites excluding steroid dienone is 4. The van der Waals surface area contributed by atoms with E-state index < -0.39 is 5.97 Å². The second-order valence-corrected chi connectivity index (χ2v) is 9.17. The van der Waals surface area contributed by atoms with Gasteiger partial charge in [0.1, 0.15) is 5.75 Å². The number of hydrogen-bond donors (Lipinski definition) is 1. The van der Waals surface area contributed by atoms with E-state index in [0.717, 1.165) is 53.2 Å². The summed E-state index contributed by atoms with van der Waals surface area (Å²) in [5.74, 6) is 1.25. The minimum Gasteiger partial charge on any atom is -0.493 e. The molecule has 36 heavy (non-hydrogen) atoms. The van der Waals surface area contributed by atoms with Gasteiger partial charge in [-0.25, -0.2) is 4.98 Å². The van der Waals surface area contributed by atoms with Crippen molar-refractivity contribution in [2.45, 2.75) is 58.8 Å². The number of aryl methyl sites for hydroxylation is 1. The third-order valence-corrected chi connectivity index (χ3v) is 6.91. The predicted molar refractivity (Wildman–Crippen MR) is 143 cm³/mol. The maximum absolute atomic E-state index is 11.7. The van der Waals surface area contributed by atoms with Gasteiger partial charge in [0, 0.05) is 17.6 Å². The lowest BCUT2D eigenvalue weighted by Crippen LogP contribution is -2.19. The van der Waals surface area contributed by atoms with Crippen LogP contribution in [0.5, 0.6) is 5.75 Å². The van der Waals surface area contributed by atoms with E-state index in [9.17, 15) is 9.90 Å². The van der Waals surface area contributed by atoms with Gasteiger partial charge in [-0.1, -0.05) is 56.3 Å². The van der Waals surface area contributed by atoms with Crippen molar-refractivity contribution in [3.63, 3.8) is 0 Å². The van der Waals surface area contributed by atoms with Gasteiger partial charge in [0.2, 0.25) is 5.89 Å². The molecule has 2 atom stereocenters. The Morgan fingerprint density at radius 3 is 2.72 bits per heavy atom. The van der Waals surface area contributed by atoms with Crippen molar-refractivity contribution < 1.29 is 19.1 Å². The van der Waals surface area contributed by atoms with Gasteiger partial charge in [0.15, 0.2) is 5.76 Å². The van der Waals surface area contributed by atoms with Crippen LogP contribution < -0.4 is 4.74 Å². The lowest BCUT2D eigenvalue weighted by molar-refractivity contribution is -0.142. The van der Waals surface area contributed by atoms with Gasteiger partial charge in [-0.2, -0.15) is 0 Å². The number of rotatable bonds is 11. The van der Waals surface area contributed by atoms with Gasteiger partial charge in [-0.3, -0.25) is 4.79 Å². The van der Waals surface area contributed by atoms with Crippen molar-refractivity contribution in [3.8, 4) is 17.2 Å². The molecule has 1 aliphatic rings. The van der Waals surface area contributed by atoms with E-state index >= 15 is 0 Å². The molecule has 5 nitrogen and oxygen atoms in total. The smallest absolute Gasteiger partial charge is 0.307 e. The molecule has 0 radical (unpaired) electrons. The van der Waals surface area contributed by atoms with E-state index in [0.29, 0.717) is 25.3 Å². The molecule has 0 amide bonds. The first-order valence-corrected chi connectivity index (χ1v) is 12.9. The van der Waals surface area contributed by atoms with Crippen molar-refractivity contribution in [2.75, 3.05) is 6.61 Å². The van der Waals surface area contributed by atoms with Crippen LogP contribution in [-0.2, 0) is 17.6 Å². The fourth-order valence-electron chi connectivity index (χ4n) is 5.03. The first kappa shape index (κ1) is 25.5. The first-order valence-electron chi connectivity index (χ1n) is 12.9. The van der Waals surface area contributed by atoms with E-state index in [1.54, 1.807) is 0 Å². The summed E-state index contributed by atoms with van der Waals surface area (Å²) < 4.78 is 12.4. The number of fused-ring (bicyclic) bond motifs is 1. The second kappa shape index (κ2) is 11.9. The van der Waals surface area contributed by atoms with Gasteiger partial charge in [0.05, 0.1) is 18.2 Å². The average molecular weight is 486 g/mol. The zero-order valence-electron chi connectivity index (χ0n) is 21.4. The number of aliphatic carboxylic acids is 1. The standard InChI is InChI=1S/C31H35NO4/c1-4-7-11-21(5-2)29-28(32-30(36-29)22-12-9-8-10-13-22)18-19-35-24-15-17-26-23(20-24)14-16-27(26)25(6-3)31(33)34/h5,7-13,15,17,20,25,27H,4,6,14,16,18-19H2,1-3H3,(H,33,34)/b11-7-,21-5+. The largest absolute Gasteiger partial charge is 0.493 e. The number of oxazole rings is 1. The maximum Gasteiger partial charge on any atom is 0.307 e. The van der Waals surface area contributed by atoms with Crippen LogP contribution in [0.1, 0.15) is 68.5 Å². The van der Waals surface area contributed by atoms with E-state index in [2.05, 4.69) is 31.2 Å². The molecule has 5 heteroatoms. The van der Waals surface area contributed by atoms with Crippen molar-refractivity contribution >= 4 is 11.5 Å². The molecule has 1 heterocycles. The van der Waals surface area contributed by atoms with Gasteiger partial charge in [-0.05, 0) is 73.9 Å². The molecular formula is C31H35NO4. The summed E-state index contributed by atoms with van der Waals surface area (Å²) in [7, 11) is 0. The molecule has 188 valence electrons. The monoisotopic (exact) mass is 485 g/mol. The van der Waals surface area contributed by atoms with Crippen LogP contribution in [0.15, 0.2) is 71.2 Å². The van der Waals surface area contributed by atoms with E-state index in [-0.39, 0.29) is 11.8 Å². The van der Waals surface area contributed by atoms with Gasteiger partial charge < -0.3 is 14.3 Å². The molecule has 3 aromatic rings. The number of aromatic nitrogens is 1. The topological polar surface area (TPSA) is 72.6 Å². The van der Waals surface area contributed by atoms with Gasteiger partial charge in [0.25, 0.3) is 0 Å². The number of benzene rings is 2. The SMILES string of the molecule is C/C=C(\C=C/CC)c1oc(-c2ccccc2)nc1CCOc1ccc2c(c1)CCC2C(CC)C(=O)O. The zero-order valence-corrected chi connectivity index (χ0v) is 21.4. The second-order valence-electron chi connectivity index (χ2n) is 9.17. The first-order chi connectivity index (χ1) is 17.5. The molecule has 4 rings (SSSR count). The van der Waals surface area contributed by atoms with E-state index in [1.807, 2.05) is 56.3 Å². The summed E-state index contributed by atoms with van der Waals surface area (Å²) >= 11 is 0. The van der Waals surface area contributed by atoms with Crippen LogP contribution in [-0.4, -0.2) is 22.7 Å². The number of carboxylic acids is 1. The van der Waals surface area contributed by atoms with Crippen LogP contribution in [0.25, 0.3) is 17.0 Å². The Hall–Kier alpha value is -3.60. The van der Waals surface area contributed by atoms with Crippen molar-refractivity contribution in [1.29, 1.82) is 0 Å². The fraction of sp³-hybridized carbons (Fsp3) is 0.355. The minimum atomic E-state index is -0.705. The minimum absolute atomic E-state index is 0.0843. The molecule has 0 spiro atoms. The molecule has 1 aromatic heterocycles. The van der Waals surface area contributed by atoms with E-state index in [4.69, 9.17) is 14.1 Å². The van der Waals surface area contributed by atoms with Crippen LogP contribution in [0.4, 0.5) is 0 Å². The highest BCUT2D eigenvalue weighted by molar-refractivity contribution is 5.73. The van der Waals surface area contributed by atoms with Crippen LogP contribution in [0.2, 0.25) is 0 Å². The Bertz CT molecular complexity index is 1240. The third-order valence-electron chi connectivity index (χ3n) is 6.91. The lowest BCUT2D eigenvalue weighted by atomic mass is 9.85. The molecule has 0 saturated carbocycles. The molecule has 0 fully saturated rings. The molecular weight excluding hydrogens is 450 g/mol. The van der Waals surface area contributed by atoms with Crippen LogP contribution in [0.3, 0.4) is 0 Å². The summed E-state index contributed by atoms with van der Waals surface area (Å²) in [6.07, 6.45) is 10.2. The lowest BCUT2D eigenvalue weighted by Gasteiger charge is -2.19. The highest BCUT2D eigenvalue weighted by atomic mass is 16.5. The number of ether oxygens (including phenoxy) is 1. The van der Waals surface area contributed by atoms with E-state index in [1.165, 1.54) is 5.56 Å².